The minimum absolute atomic E-state index is 0.0265. The van der Waals surface area contributed by atoms with Crippen LogP contribution >= 0.6 is 7.82 Å². The SMILES string of the molecule is CCCCCCCCCCCCCCCCCCOC[C@H](COP(=O)(OC[C@H]1O[C@@](C#N)(c2ccc3c(N)ncnn23)[C@H](O)[C@@H]1O)OC[C@H]1O[C@@](C#N)(c2ccc3c(N)ncnn23)[C@H](O)[C@@H]1O)OCc1ccc2c(c1)CCC2. The number of phosphoric acid groups is 1. The number of nitrogens with zero attached hydrogens (tertiary/aromatic N) is 8. The van der Waals surface area contributed by atoms with Gasteiger partial charge in [-0.25, -0.2) is 23.6 Å². The van der Waals surface area contributed by atoms with Crippen LogP contribution in [0.1, 0.15) is 144 Å². The van der Waals surface area contributed by atoms with Crippen molar-refractivity contribution in [2.24, 2.45) is 0 Å². The second-order valence-corrected chi connectivity index (χ2v) is 22.5. The third kappa shape index (κ3) is 13.7. The third-order valence-corrected chi connectivity index (χ3v) is 16.7. The molecular weight excluding hydrogens is 1020 g/mol. The van der Waals surface area contributed by atoms with E-state index in [1.807, 2.05) is 18.2 Å². The Bertz CT molecular complexity index is 2730. The number of nitrogen functional groups attached to an aromatic ring is 2. The Morgan fingerprint density at radius 3 is 1.67 bits per heavy atom. The Morgan fingerprint density at radius 1 is 0.679 bits per heavy atom. The number of nitriles is 2. The predicted octanol–water partition coefficient (Wildman–Crippen LogP) is 6.83. The molecule has 6 heterocycles. The zero-order chi connectivity index (χ0) is 55.1. The molecule has 8 rings (SSSR count). The Kier molecular flexibility index (Phi) is 21.0. The van der Waals surface area contributed by atoms with E-state index in [0.29, 0.717) is 17.6 Å². The summed E-state index contributed by atoms with van der Waals surface area (Å²) in [4.78, 5) is 7.94. The van der Waals surface area contributed by atoms with Gasteiger partial charge in [-0.05, 0) is 66.6 Å². The number of benzene rings is 1. The van der Waals surface area contributed by atoms with Crippen LogP contribution in [0.3, 0.4) is 0 Å². The highest BCUT2D eigenvalue weighted by molar-refractivity contribution is 7.48. The lowest BCUT2D eigenvalue weighted by molar-refractivity contribution is -0.0802. The number of nitrogens with two attached hydrogens (primary N) is 2. The molecule has 9 atom stereocenters. The van der Waals surface area contributed by atoms with Gasteiger partial charge in [-0.2, -0.15) is 20.7 Å². The van der Waals surface area contributed by atoms with Gasteiger partial charge in [-0.1, -0.05) is 121 Å². The van der Waals surface area contributed by atoms with Crippen LogP contribution < -0.4 is 11.5 Å². The largest absolute Gasteiger partial charge is 0.475 e. The molecule has 0 spiro atoms. The topological polar surface area (TPSA) is 323 Å². The number of ether oxygens (including phenoxy) is 4. The molecule has 78 heavy (non-hydrogen) atoms. The number of aliphatic hydroxyl groups is 4. The van der Waals surface area contributed by atoms with Crippen molar-refractivity contribution in [3.63, 3.8) is 0 Å². The predicted molar refractivity (Wildman–Crippen MR) is 286 cm³/mol. The molecule has 2 saturated heterocycles. The van der Waals surface area contributed by atoms with Crippen LogP contribution in [0.25, 0.3) is 11.0 Å². The molecule has 22 nitrogen and oxygen atoms in total. The number of rotatable bonds is 33. The molecule has 3 aliphatic rings. The number of hydrogen-bond donors (Lipinski definition) is 6. The zero-order valence-corrected chi connectivity index (χ0v) is 45.5. The van der Waals surface area contributed by atoms with E-state index in [4.69, 9.17) is 44.0 Å². The number of anilines is 2. The normalized spacial score (nSPS) is 24.5. The lowest BCUT2D eigenvalue weighted by Gasteiger charge is -2.26. The van der Waals surface area contributed by atoms with Crippen LogP contribution in [-0.4, -0.2) is 125 Å². The molecule has 424 valence electrons. The fourth-order valence-electron chi connectivity index (χ4n) is 10.8. The number of aromatic nitrogens is 6. The molecule has 1 aromatic carbocycles. The van der Waals surface area contributed by atoms with E-state index in [1.165, 1.54) is 128 Å². The average Bonchev–Trinajstić information content (AvgIpc) is 4.42. The number of phosphoric ester groups is 1. The minimum Gasteiger partial charge on any atom is -0.387 e. The molecule has 0 saturated carbocycles. The van der Waals surface area contributed by atoms with Crippen molar-refractivity contribution in [3.05, 3.63) is 83.2 Å². The summed E-state index contributed by atoms with van der Waals surface area (Å²) in [6.45, 7) is 0.978. The van der Waals surface area contributed by atoms with Crippen LogP contribution in [0.15, 0.2) is 55.1 Å². The molecular formula is C55H77N10O12P. The highest BCUT2D eigenvalue weighted by Crippen LogP contribution is 2.52. The van der Waals surface area contributed by atoms with Gasteiger partial charge in [0.25, 0.3) is 0 Å². The van der Waals surface area contributed by atoms with E-state index in [9.17, 15) is 30.9 Å². The number of aryl methyl sites for hydroxylation is 2. The Balaban J connectivity index is 0.923. The lowest BCUT2D eigenvalue weighted by atomic mass is 9.92. The van der Waals surface area contributed by atoms with Crippen molar-refractivity contribution in [3.8, 4) is 12.1 Å². The summed E-state index contributed by atoms with van der Waals surface area (Å²) in [6.07, 6.45) is 14.2. The molecule has 8 N–H and O–H groups in total. The van der Waals surface area contributed by atoms with E-state index >= 15 is 4.57 Å². The van der Waals surface area contributed by atoms with E-state index in [2.05, 4.69) is 39.2 Å². The maximum Gasteiger partial charge on any atom is 0.475 e. The summed E-state index contributed by atoms with van der Waals surface area (Å²) in [5, 5.41) is 75.2. The Hall–Kier alpha value is -5.17. The number of fused-ring (bicyclic) bond motifs is 3. The fraction of sp³-hybridized carbons (Fsp3) is 0.636. The number of aliphatic hydroxyl groups excluding tert-OH is 4. The van der Waals surface area contributed by atoms with Gasteiger partial charge in [0.15, 0.2) is 11.6 Å². The Morgan fingerprint density at radius 2 is 1.17 bits per heavy atom. The van der Waals surface area contributed by atoms with Gasteiger partial charge in [0.2, 0.25) is 11.2 Å². The van der Waals surface area contributed by atoms with Crippen molar-refractivity contribution >= 4 is 30.5 Å². The molecule has 4 aromatic heterocycles. The van der Waals surface area contributed by atoms with Crippen LogP contribution in [0, 0.1) is 22.7 Å². The quantitative estimate of drug-likeness (QED) is 0.0185. The molecule has 1 aliphatic carbocycles. The minimum atomic E-state index is -4.90. The van der Waals surface area contributed by atoms with Gasteiger partial charge < -0.3 is 50.8 Å². The summed E-state index contributed by atoms with van der Waals surface area (Å²) < 4.78 is 60.1. The summed E-state index contributed by atoms with van der Waals surface area (Å²) in [5.74, 6) is 0.174. The second-order valence-electron chi connectivity index (χ2n) is 20.8. The maximum atomic E-state index is 15.0. The first kappa shape index (κ1) is 59.0. The summed E-state index contributed by atoms with van der Waals surface area (Å²) in [5.41, 5.74) is 11.8. The number of hydrogen-bond acceptors (Lipinski definition) is 20. The van der Waals surface area contributed by atoms with Gasteiger partial charge in [-0.3, -0.25) is 13.6 Å². The molecule has 2 aliphatic heterocycles. The van der Waals surface area contributed by atoms with Crippen LogP contribution in [-0.2, 0) is 67.7 Å². The first-order valence-corrected chi connectivity index (χ1v) is 29.2. The second kappa shape index (κ2) is 27.8. The molecule has 5 aromatic rings. The van der Waals surface area contributed by atoms with Crippen molar-refractivity contribution in [1.82, 2.24) is 29.2 Å². The van der Waals surface area contributed by atoms with Crippen molar-refractivity contribution < 1.29 is 57.5 Å². The molecule has 0 amide bonds. The highest BCUT2D eigenvalue weighted by Gasteiger charge is 2.59. The van der Waals surface area contributed by atoms with Crippen molar-refractivity contribution in [1.29, 1.82) is 10.5 Å². The standard InChI is InChI=1S/C55H77N10O12P/c1-2-3-4-5-6-7-8-9-10-11-12-13-14-15-16-17-27-71-30-41(72-29-38-21-22-39-19-18-20-40(39)28-38)31-73-78(70,74-32-44-48(66)50(68)54(34-56,76-44)46-25-23-42-52(58)60-36-62-64(42)46)75-33-45-49(67)51(69)55(35-57,77-45)47-26-24-43-53(59)61-37-63-65(43)47/h21-26,28,36-37,41,44-45,48-51,66-69H,2-20,27,29-33H2,1H3,(H2,58,60,62)(H2,59,61,63)/t41-,44-,45-,48-,49-,50-,51-,54+,55+/m1/s1. The van der Waals surface area contributed by atoms with Gasteiger partial charge in [0, 0.05) is 6.61 Å². The summed E-state index contributed by atoms with van der Waals surface area (Å²) in [7, 11) is -4.90. The monoisotopic (exact) mass is 1100 g/mol. The van der Waals surface area contributed by atoms with Gasteiger partial charge in [-0.15, -0.1) is 0 Å². The average molecular weight is 1100 g/mol. The molecule has 0 unspecified atom stereocenters. The van der Waals surface area contributed by atoms with Crippen LogP contribution in [0.5, 0.6) is 0 Å². The first-order chi connectivity index (χ1) is 37.9. The molecule has 23 heteroatoms. The van der Waals surface area contributed by atoms with Crippen LogP contribution in [0.2, 0.25) is 0 Å². The Labute approximate surface area is 455 Å². The van der Waals surface area contributed by atoms with Crippen molar-refractivity contribution in [2.75, 3.05) is 44.5 Å². The fourth-order valence-corrected chi connectivity index (χ4v) is 12.0. The van der Waals surface area contributed by atoms with Crippen molar-refractivity contribution in [2.45, 2.75) is 189 Å². The first-order valence-electron chi connectivity index (χ1n) is 27.8. The van der Waals surface area contributed by atoms with Crippen LogP contribution in [0.4, 0.5) is 11.6 Å². The van der Waals surface area contributed by atoms with E-state index in [1.54, 1.807) is 0 Å². The molecule has 0 radical (unpaired) electrons. The summed E-state index contributed by atoms with van der Waals surface area (Å²) >= 11 is 0. The summed E-state index contributed by atoms with van der Waals surface area (Å²) in [6, 6.07) is 16.1. The maximum absolute atomic E-state index is 15.0. The van der Waals surface area contributed by atoms with Gasteiger partial charge >= 0.3 is 7.82 Å². The van der Waals surface area contributed by atoms with Gasteiger partial charge in [0.1, 0.15) is 78.6 Å². The van der Waals surface area contributed by atoms with Gasteiger partial charge in [0.05, 0.1) is 44.4 Å². The lowest BCUT2D eigenvalue weighted by Crippen LogP contribution is -2.41. The zero-order valence-electron chi connectivity index (χ0n) is 44.6. The smallest absolute Gasteiger partial charge is 0.387 e. The molecule has 2 fully saturated rings. The van der Waals surface area contributed by atoms with E-state index < -0.39 is 81.6 Å². The third-order valence-electron chi connectivity index (χ3n) is 15.3. The number of unbranched alkanes of at least 4 members (excludes halogenated alkanes) is 15. The van der Waals surface area contributed by atoms with E-state index in [0.717, 1.165) is 56.7 Å². The molecule has 0 bridgehead atoms. The highest BCUT2D eigenvalue weighted by atomic mass is 31.2. The van der Waals surface area contributed by atoms with E-state index in [-0.39, 0.29) is 36.2 Å².